The third-order valence-corrected chi connectivity index (χ3v) is 4.63. The number of allylic oxidation sites excluding steroid dienone is 3. The van der Waals surface area contributed by atoms with Crippen LogP contribution in [0.1, 0.15) is 18.2 Å². The molecule has 3 heterocycles. The summed E-state index contributed by atoms with van der Waals surface area (Å²) in [6.07, 6.45) is 8.36. The SMILES string of the molecule is CNC(=O)C1=CC=CC(c2nc(N3CCOCC3)c3cccn3n2)C1. The number of amides is 1. The number of carbonyl (C=O) groups excluding carboxylic acids is 1. The second-order valence-electron chi connectivity index (χ2n) is 6.20. The van der Waals surface area contributed by atoms with Crippen LogP contribution in [0.2, 0.25) is 0 Å². The maximum absolute atomic E-state index is 11.9. The van der Waals surface area contributed by atoms with E-state index in [1.165, 1.54) is 0 Å². The molecule has 2 aromatic rings. The van der Waals surface area contributed by atoms with Gasteiger partial charge < -0.3 is 15.0 Å². The van der Waals surface area contributed by atoms with Gasteiger partial charge in [-0.3, -0.25) is 4.79 Å². The monoisotopic (exact) mass is 339 g/mol. The predicted octanol–water partition coefficient (Wildman–Crippen LogP) is 1.28. The van der Waals surface area contributed by atoms with Gasteiger partial charge in [0.15, 0.2) is 11.6 Å². The molecule has 1 saturated heterocycles. The Kier molecular flexibility index (Phi) is 4.23. The van der Waals surface area contributed by atoms with Crippen LogP contribution in [0, 0.1) is 0 Å². The van der Waals surface area contributed by atoms with Gasteiger partial charge in [-0.2, -0.15) is 5.10 Å². The molecule has 7 nitrogen and oxygen atoms in total. The Labute approximate surface area is 146 Å². The van der Waals surface area contributed by atoms with Crippen LogP contribution < -0.4 is 10.2 Å². The fourth-order valence-electron chi connectivity index (χ4n) is 3.29. The van der Waals surface area contributed by atoms with Gasteiger partial charge in [-0.05, 0) is 18.6 Å². The summed E-state index contributed by atoms with van der Waals surface area (Å²) in [5.41, 5.74) is 1.74. The molecule has 2 aliphatic rings. The van der Waals surface area contributed by atoms with E-state index in [1.807, 2.05) is 35.0 Å². The van der Waals surface area contributed by atoms with Crippen molar-refractivity contribution in [3.63, 3.8) is 0 Å². The number of hydrogen-bond donors (Lipinski definition) is 1. The summed E-state index contributed by atoms with van der Waals surface area (Å²) in [5, 5.41) is 7.36. The fourth-order valence-corrected chi connectivity index (χ4v) is 3.29. The number of ether oxygens (including phenoxy) is 1. The van der Waals surface area contributed by atoms with Gasteiger partial charge in [-0.25, -0.2) is 9.50 Å². The van der Waals surface area contributed by atoms with Crippen molar-refractivity contribution < 1.29 is 9.53 Å². The van der Waals surface area contributed by atoms with Crippen LogP contribution in [0.25, 0.3) is 5.52 Å². The fraction of sp³-hybridized carbons (Fsp3) is 0.389. The number of morpholine rings is 1. The first-order valence-corrected chi connectivity index (χ1v) is 8.53. The van der Waals surface area contributed by atoms with E-state index < -0.39 is 0 Å². The zero-order valence-corrected chi connectivity index (χ0v) is 14.2. The molecule has 7 heteroatoms. The van der Waals surface area contributed by atoms with Crippen molar-refractivity contribution in [3.8, 4) is 0 Å². The molecule has 0 bridgehead atoms. The molecule has 1 aliphatic heterocycles. The minimum Gasteiger partial charge on any atom is -0.378 e. The van der Waals surface area contributed by atoms with Gasteiger partial charge in [0.2, 0.25) is 5.91 Å². The first-order valence-electron chi connectivity index (χ1n) is 8.53. The van der Waals surface area contributed by atoms with Crippen molar-refractivity contribution in [3.05, 3.63) is 48.0 Å². The topological polar surface area (TPSA) is 71.8 Å². The lowest BCUT2D eigenvalue weighted by molar-refractivity contribution is -0.117. The van der Waals surface area contributed by atoms with Crippen LogP contribution in [-0.2, 0) is 9.53 Å². The quantitative estimate of drug-likeness (QED) is 0.912. The largest absolute Gasteiger partial charge is 0.378 e. The van der Waals surface area contributed by atoms with E-state index in [1.54, 1.807) is 7.05 Å². The number of aromatic nitrogens is 3. The second kappa shape index (κ2) is 6.68. The number of nitrogens with one attached hydrogen (secondary N) is 1. The molecule has 0 saturated carbocycles. The van der Waals surface area contributed by atoms with E-state index in [0.29, 0.717) is 19.6 Å². The first-order chi connectivity index (χ1) is 12.3. The van der Waals surface area contributed by atoms with Gasteiger partial charge in [0.25, 0.3) is 0 Å². The zero-order chi connectivity index (χ0) is 17.2. The number of likely N-dealkylation sites (N-methyl/N-ethyl adjacent to an activating group) is 1. The molecule has 1 fully saturated rings. The Morgan fingerprint density at radius 1 is 1.36 bits per heavy atom. The molecule has 4 rings (SSSR count). The van der Waals surface area contributed by atoms with Crippen LogP contribution >= 0.6 is 0 Å². The normalized spacial score (nSPS) is 20.6. The highest BCUT2D eigenvalue weighted by Crippen LogP contribution is 2.29. The Hall–Kier alpha value is -2.67. The summed E-state index contributed by atoms with van der Waals surface area (Å²) in [6.45, 7) is 3.06. The van der Waals surface area contributed by atoms with E-state index >= 15 is 0 Å². The van der Waals surface area contributed by atoms with E-state index in [4.69, 9.17) is 9.72 Å². The maximum atomic E-state index is 11.9. The smallest absolute Gasteiger partial charge is 0.246 e. The molecule has 1 atom stereocenters. The lowest BCUT2D eigenvalue weighted by atomic mass is 9.93. The minimum atomic E-state index is -0.0511. The summed E-state index contributed by atoms with van der Waals surface area (Å²) >= 11 is 0. The van der Waals surface area contributed by atoms with Crippen LogP contribution in [0.15, 0.2) is 42.1 Å². The third-order valence-electron chi connectivity index (χ3n) is 4.63. The predicted molar refractivity (Wildman–Crippen MR) is 94.7 cm³/mol. The Balaban J connectivity index is 1.69. The average molecular weight is 339 g/mol. The molecular formula is C18H21N5O2. The second-order valence-corrected chi connectivity index (χ2v) is 6.20. The Morgan fingerprint density at radius 3 is 3.00 bits per heavy atom. The number of rotatable bonds is 3. The standard InChI is InChI=1S/C18H21N5O2/c1-19-18(24)14-5-2-4-13(12-14)16-20-17(22-8-10-25-11-9-22)15-6-3-7-23(15)21-16/h2-7,13H,8-12H2,1H3,(H,19,24). The van der Waals surface area contributed by atoms with Crippen LogP contribution in [0.4, 0.5) is 5.82 Å². The van der Waals surface area contributed by atoms with Crippen molar-refractivity contribution in [2.24, 2.45) is 0 Å². The van der Waals surface area contributed by atoms with Gasteiger partial charge in [0.05, 0.1) is 13.2 Å². The molecule has 130 valence electrons. The maximum Gasteiger partial charge on any atom is 0.246 e. The van der Waals surface area contributed by atoms with Crippen molar-refractivity contribution in [1.82, 2.24) is 19.9 Å². The van der Waals surface area contributed by atoms with Crippen molar-refractivity contribution >= 4 is 17.2 Å². The van der Waals surface area contributed by atoms with Gasteiger partial charge in [-0.15, -0.1) is 0 Å². The summed E-state index contributed by atoms with van der Waals surface area (Å²) < 4.78 is 7.33. The average Bonchev–Trinajstić information content (AvgIpc) is 3.16. The van der Waals surface area contributed by atoms with Crippen molar-refractivity contribution in [1.29, 1.82) is 0 Å². The highest BCUT2D eigenvalue weighted by atomic mass is 16.5. The number of nitrogens with zero attached hydrogens (tertiary/aromatic N) is 4. The molecule has 25 heavy (non-hydrogen) atoms. The number of carbonyl (C=O) groups is 1. The molecule has 2 aromatic heterocycles. The summed E-state index contributed by atoms with van der Waals surface area (Å²) in [5.74, 6) is 1.60. The molecule has 1 amide bonds. The van der Waals surface area contributed by atoms with Crippen LogP contribution in [-0.4, -0.2) is 53.9 Å². The van der Waals surface area contributed by atoms with Gasteiger partial charge >= 0.3 is 0 Å². The third kappa shape index (κ3) is 3.02. The summed E-state index contributed by atoms with van der Waals surface area (Å²) in [4.78, 5) is 19.1. The number of fused-ring (bicyclic) bond motifs is 1. The zero-order valence-electron chi connectivity index (χ0n) is 14.2. The van der Waals surface area contributed by atoms with Crippen molar-refractivity contribution in [2.45, 2.75) is 12.3 Å². The highest BCUT2D eigenvalue weighted by molar-refractivity contribution is 5.93. The van der Waals surface area contributed by atoms with Crippen molar-refractivity contribution in [2.75, 3.05) is 38.3 Å². The molecular weight excluding hydrogens is 318 g/mol. The molecule has 1 aliphatic carbocycles. The Bertz CT molecular complexity index is 848. The van der Waals surface area contributed by atoms with E-state index in [9.17, 15) is 4.79 Å². The molecule has 0 spiro atoms. The van der Waals surface area contributed by atoms with Crippen LogP contribution in [0.3, 0.4) is 0 Å². The lowest BCUT2D eigenvalue weighted by Gasteiger charge is -2.29. The van der Waals surface area contributed by atoms with Gasteiger partial charge in [-0.1, -0.05) is 18.2 Å². The number of hydrogen-bond acceptors (Lipinski definition) is 5. The minimum absolute atomic E-state index is 0.0103. The van der Waals surface area contributed by atoms with Gasteiger partial charge in [0.1, 0.15) is 5.52 Å². The van der Waals surface area contributed by atoms with E-state index in [2.05, 4.69) is 21.4 Å². The Morgan fingerprint density at radius 2 is 2.20 bits per heavy atom. The summed E-state index contributed by atoms with van der Waals surface area (Å²) in [7, 11) is 1.65. The van der Waals surface area contributed by atoms with E-state index in [0.717, 1.165) is 35.8 Å². The number of anilines is 1. The molecule has 0 aromatic carbocycles. The summed E-state index contributed by atoms with van der Waals surface area (Å²) in [6, 6.07) is 4.01. The van der Waals surface area contributed by atoms with E-state index in [-0.39, 0.29) is 11.8 Å². The van der Waals surface area contributed by atoms with Gasteiger partial charge in [0, 0.05) is 37.8 Å². The molecule has 1 unspecified atom stereocenters. The molecule has 0 radical (unpaired) electrons. The highest BCUT2D eigenvalue weighted by Gasteiger charge is 2.23. The first kappa shape index (κ1) is 15.8. The molecule has 1 N–H and O–H groups in total. The van der Waals surface area contributed by atoms with Crippen LogP contribution in [0.5, 0.6) is 0 Å². The lowest BCUT2D eigenvalue weighted by Crippen LogP contribution is -2.37.